The van der Waals surface area contributed by atoms with Gasteiger partial charge in [0.15, 0.2) is 5.78 Å². The van der Waals surface area contributed by atoms with Gasteiger partial charge in [-0.05, 0) is 87.9 Å². The van der Waals surface area contributed by atoms with Crippen molar-refractivity contribution in [3.05, 3.63) is 75.8 Å². The lowest BCUT2D eigenvalue weighted by Gasteiger charge is -2.39. The minimum Gasteiger partial charge on any atom is -0.371 e. The van der Waals surface area contributed by atoms with Gasteiger partial charge in [-0.3, -0.25) is 38.7 Å². The second-order valence-corrected chi connectivity index (χ2v) is 15.7. The maximum absolute atomic E-state index is 13.6. The summed E-state index contributed by atoms with van der Waals surface area (Å²) in [5.74, 6) is -0.403. The second-order valence-electron chi connectivity index (χ2n) is 15.7. The van der Waals surface area contributed by atoms with E-state index in [0.29, 0.717) is 60.1 Å². The average molecular weight is 789 g/mol. The molecule has 16 heteroatoms. The van der Waals surface area contributed by atoms with Crippen molar-refractivity contribution in [1.29, 1.82) is 0 Å². The Bertz CT molecular complexity index is 2310. The first-order chi connectivity index (χ1) is 28.0. The van der Waals surface area contributed by atoms with E-state index in [4.69, 9.17) is 4.98 Å². The van der Waals surface area contributed by atoms with Crippen molar-refractivity contribution < 1.29 is 24.0 Å². The van der Waals surface area contributed by atoms with Crippen molar-refractivity contribution in [2.75, 3.05) is 54.4 Å². The van der Waals surface area contributed by atoms with E-state index in [0.717, 1.165) is 63.0 Å². The highest BCUT2D eigenvalue weighted by atomic mass is 16.2. The molecule has 1 atom stereocenters. The highest BCUT2D eigenvalue weighted by Crippen LogP contribution is 2.32. The van der Waals surface area contributed by atoms with Gasteiger partial charge in [0.25, 0.3) is 11.5 Å². The molecule has 3 saturated heterocycles. The van der Waals surface area contributed by atoms with Gasteiger partial charge >= 0.3 is 0 Å². The van der Waals surface area contributed by atoms with E-state index in [1.165, 1.54) is 6.92 Å². The number of hydrogen-bond donors (Lipinski definition) is 3. The number of carbonyl (C=O) groups is 5. The zero-order valence-corrected chi connectivity index (χ0v) is 32.8. The van der Waals surface area contributed by atoms with Crippen LogP contribution in [0.3, 0.4) is 0 Å². The summed E-state index contributed by atoms with van der Waals surface area (Å²) in [6.07, 6.45) is 9.23. The van der Waals surface area contributed by atoms with Crippen LogP contribution in [0, 0.1) is 12.8 Å². The van der Waals surface area contributed by atoms with Gasteiger partial charge in [-0.1, -0.05) is 12.8 Å². The van der Waals surface area contributed by atoms with Crippen LogP contribution in [0.15, 0.2) is 53.6 Å². The van der Waals surface area contributed by atoms with Gasteiger partial charge in [-0.15, -0.1) is 0 Å². The highest BCUT2D eigenvalue weighted by molar-refractivity contribution is 6.04. The number of imide groups is 1. The van der Waals surface area contributed by atoms with Crippen LogP contribution >= 0.6 is 0 Å². The van der Waals surface area contributed by atoms with E-state index >= 15 is 0 Å². The van der Waals surface area contributed by atoms with Crippen LogP contribution in [0.25, 0.3) is 11.0 Å². The summed E-state index contributed by atoms with van der Waals surface area (Å²) < 4.78 is 1.70. The number of pyridine rings is 2. The first-order valence-electron chi connectivity index (χ1n) is 20.2. The molecule has 0 spiro atoms. The van der Waals surface area contributed by atoms with Gasteiger partial charge < -0.3 is 25.3 Å². The van der Waals surface area contributed by atoms with Crippen LogP contribution in [-0.2, 0) is 14.4 Å². The molecule has 4 aromatic rings. The standard InChI is InChI=1S/C42H48N10O6/c1-25-32-24-44-42(48-37(32)52(30-5-3-4-6-30)41(58)36(25)26(2)53)46-34-13-11-31(23-43-34)50-19-21-51(22-20-50)40(57)28-15-17-49(18-16-28)29-9-7-27(8-10-29)38(55)45-33-12-14-35(54)47-39(33)56/h7-11,13,23-24,28,30,33H,3-6,12,14-22H2,1-2H3,(H,45,55)(H,47,54,56)(H,43,44,46,48). The van der Waals surface area contributed by atoms with Crippen molar-refractivity contribution in [3.8, 4) is 0 Å². The van der Waals surface area contributed by atoms with E-state index in [2.05, 4.69) is 35.7 Å². The Balaban J connectivity index is 0.826. The van der Waals surface area contributed by atoms with E-state index in [1.54, 1.807) is 36.0 Å². The molecule has 0 radical (unpaired) electrons. The number of benzene rings is 1. The molecule has 4 fully saturated rings. The zero-order chi connectivity index (χ0) is 40.5. The number of nitrogens with one attached hydrogen (secondary N) is 3. The molecule has 3 aliphatic heterocycles. The van der Waals surface area contributed by atoms with Crippen molar-refractivity contribution in [3.63, 3.8) is 0 Å². The molecule has 3 N–H and O–H groups in total. The first-order valence-corrected chi connectivity index (χ1v) is 20.2. The van der Waals surface area contributed by atoms with Gasteiger partial charge in [0.2, 0.25) is 23.7 Å². The van der Waals surface area contributed by atoms with Gasteiger partial charge in [-0.25, -0.2) is 9.97 Å². The topological polar surface area (TPSA) is 192 Å². The minimum absolute atomic E-state index is 0.00655. The number of piperidine rings is 2. The molecular formula is C42H48N10O6. The molecule has 16 nitrogen and oxygen atoms in total. The lowest BCUT2D eigenvalue weighted by molar-refractivity contribution is -0.137. The number of rotatable bonds is 9. The molecule has 1 unspecified atom stereocenters. The predicted octanol–water partition coefficient (Wildman–Crippen LogP) is 3.66. The van der Waals surface area contributed by atoms with Crippen LogP contribution in [0.1, 0.15) is 90.6 Å². The number of aromatic nitrogens is 4. The molecule has 1 saturated carbocycles. The van der Waals surface area contributed by atoms with Crippen LogP contribution in [-0.4, -0.2) is 99.1 Å². The van der Waals surface area contributed by atoms with E-state index in [-0.39, 0.29) is 59.4 Å². The Morgan fingerprint density at radius 3 is 2.14 bits per heavy atom. The molecule has 4 amide bonds. The van der Waals surface area contributed by atoms with Gasteiger partial charge in [0, 0.05) is 80.5 Å². The normalized spacial score (nSPS) is 19.3. The lowest BCUT2D eigenvalue weighted by atomic mass is 9.94. The zero-order valence-electron chi connectivity index (χ0n) is 32.8. The molecule has 0 bridgehead atoms. The second kappa shape index (κ2) is 16.3. The number of piperazine rings is 1. The summed E-state index contributed by atoms with van der Waals surface area (Å²) in [5, 5.41) is 8.84. The molecule has 4 aliphatic rings. The minimum atomic E-state index is -0.726. The number of hydrogen-bond acceptors (Lipinski definition) is 12. The molecule has 302 valence electrons. The Morgan fingerprint density at radius 2 is 1.48 bits per heavy atom. The van der Waals surface area contributed by atoms with Crippen LogP contribution in [0.2, 0.25) is 0 Å². The summed E-state index contributed by atoms with van der Waals surface area (Å²) in [5.41, 5.74) is 3.40. The third kappa shape index (κ3) is 7.87. The highest BCUT2D eigenvalue weighted by Gasteiger charge is 2.32. The van der Waals surface area contributed by atoms with E-state index < -0.39 is 11.9 Å². The van der Waals surface area contributed by atoms with Gasteiger partial charge in [0.05, 0.1) is 17.4 Å². The van der Waals surface area contributed by atoms with E-state index in [1.807, 2.05) is 29.2 Å². The third-order valence-corrected chi connectivity index (χ3v) is 12.1. The number of nitrogens with zero attached hydrogens (tertiary/aromatic N) is 7. The van der Waals surface area contributed by atoms with E-state index in [9.17, 15) is 28.8 Å². The number of aryl methyl sites for hydroxylation is 1. The first kappa shape index (κ1) is 38.7. The summed E-state index contributed by atoms with van der Waals surface area (Å²) in [6, 6.07) is 10.4. The molecular weight excluding hydrogens is 741 g/mol. The number of fused-ring (bicyclic) bond motifs is 1. The lowest BCUT2D eigenvalue weighted by Crippen LogP contribution is -2.52. The smallest absolute Gasteiger partial charge is 0.263 e. The fraction of sp³-hybridized carbons (Fsp3) is 0.452. The number of amides is 4. The molecule has 58 heavy (non-hydrogen) atoms. The van der Waals surface area contributed by atoms with Crippen LogP contribution in [0.5, 0.6) is 0 Å². The molecule has 3 aromatic heterocycles. The molecule has 8 rings (SSSR count). The average Bonchev–Trinajstić information content (AvgIpc) is 3.77. The van der Waals surface area contributed by atoms with Crippen LogP contribution in [0.4, 0.5) is 23.1 Å². The quantitative estimate of drug-likeness (QED) is 0.165. The fourth-order valence-corrected chi connectivity index (χ4v) is 8.79. The molecule has 1 aliphatic carbocycles. The summed E-state index contributed by atoms with van der Waals surface area (Å²) in [7, 11) is 0. The number of anilines is 4. The summed E-state index contributed by atoms with van der Waals surface area (Å²) in [4.78, 5) is 96.1. The predicted molar refractivity (Wildman–Crippen MR) is 217 cm³/mol. The number of carbonyl (C=O) groups excluding carboxylic acids is 5. The summed E-state index contributed by atoms with van der Waals surface area (Å²) >= 11 is 0. The van der Waals surface area contributed by atoms with Gasteiger partial charge in [-0.2, -0.15) is 4.98 Å². The molecule has 1 aromatic carbocycles. The Hall–Kier alpha value is -6.19. The summed E-state index contributed by atoms with van der Waals surface area (Å²) in [6.45, 7) is 7.30. The maximum atomic E-state index is 13.6. The molecule has 6 heterocycles. The van der Waals surface area contributed by atoms with Crippen molar-refractivity contribution in [2.45, 2.75) is 77.3 Å². The Morgan fingerprint density at radius 1 is 0.793 bits per heavy atom. The SMILES string of the molecule is CC(=O)c1c(C)c2cnc(Nc3ccc(N4CCN(C(=O)C5CCN(c6ccc(C(=O)NC7CCC(=O)NC7=O)cc6)CC5)CC4)cn3)nc2n(C2CCCC2)c1=O. The maximum Gasteiger partial charge on any atom is 0.263 e. The number of Topliss-reactive ketones (excluding diaryl/α,β-unsaturated/α-hetero) is 1. The van der Waals surface area contributed by atoms with Crippen LogP contribution < -0.4 is 31.3 Å². The van der Waals surface area contributed by atoms with Crippen molar-refractivity contribution in [1.82, 2.24) is 35.1 Å². The van der Waals surface area contributed by atoms with Crippen molar-refractivity contribution in [2.24, 2.45) is 5.92 Å². The van der Waals surface area contributed by atoms with Crippen molar-refractivity contribution >= 4 is 63.6 Å². The number of ketones is 1. The largest absolute Gasteiger partial charge is 0.371 e. The fourth-order valence-electron chi connectivity index (χ4n) is 8.79. The Kier molecular flexibility index (Phi) is 10.9. The third-order valence-electron chi connectivity index (χ3n) is 12.1. The monoisotopic (exact) mass is 788 g/mol. The Labute approximate surface area is 335 Å². The van der Waals surface area contributed by atoms with Gasteiger partial charge in [0.1, 0.15) is 17.5 Å².